The molecule has 1 aliphatic rings. The van der Waals surface area contributed by atoms with Crippen molar-refractivity contribution in [1.82, 2.24) is 15.3 Å². The highest BCUT2D eigenvalue weighted by molar-refractivity contribution is 7.99. The quantitative estimate of drug-likeness (QED) is 0.904. The summed E-state index contributed by atoms with van der Waals surface area (Å²) in [6.07, 6.45) is 1.05. The van der Waals surface area contributed by atoms with Crippen LogP contribution in [0.2, 0.25) is 0 Å². The zero-order chi connectivity index (χ0) is 14.5. The predicted octanol–water partition coefficient (Wildman–Crippen LogP) is 2.44. The molecule has 0 radical (unpaired) electrons. The maximum atomic E-state index is 5.77. The van der Waals surface area contributed by atoms with E-state index < -0.39 is 0 Å². The van der Waals surface area contributed by atoms with Crippen LogP contribution in [-0.2, 0) is 11.2 Å². The van der Waals surface area contributed by atoms with Gasteiger partial charge in [-0.15, -0.1) is 0 Å². The number of ether oxygens (including phenoxy) is 1. The number of nitrogens with zero attached hydrogens (tertiary/aromatic N) is 2. The van der Waals surface area contributed by atoms with Crippen LogP contribution < -0.4 is 5.32 Å². The average Bonchev–Trinajstić information content (AvgIpc) is 2.42. The molecule has 0 aliphatic carbocycles. The Kier molecular flexibility index (Phi) is 5.81. The molecule has 1 aromatic heterocycles. The topological polar surface area (TPSA) is 47.0 Å². The van der Waals surface area contributed by atoms with Crippen molar-refractivity contribution in [3.63, 3.8) is 0 Å². The third-order valence-corrected chi connectivity index (χ3v) is 4.46. The van der Waals surface area contributed by atoms with Gasteiger partial charge in [-0.05, 0) is 32.4 Å². The largest absolute Gasteiger partial charge is 0.368 e. The Morgan fingerprint density at radius 3 is 2.55 bits per heavy atom. The van der Waals surface area contributed by atoms with Crippen LogP contribution in [-0.4, -0.2) is 40.7 Å². The summed E-state index contributed by atoms with van der Waals surface area (Å²) in [5, 5.41) is 3.44. The number of aryl methyl sites for hydroxylation is 2. The van der Waals surface area contributed by atoms with Crippen LogP contribution in [0.4, 0.5) is 0 Å². The van der Waals surface area contributed by atoms with Gasteiger partial charge in [-0.1, -0.05) is 13.8 Å². The van der Waals surface area contributed by atoms with E-state index in [1.807, 2.05) is 11.8 Å². The van der Waals surface area contributed by atoms with Crippen molar-refractivity contribution in [2.24, 2.45) is 0 Å². The van der Waals surface area contributed by atoms with Crippen molar-refractivity contribution in [3.8, 4) is 0 Å². The fraction of sp³-hybridized carbons (Fsp3) is 0.733. The summed E-state index contributed by atoms with van der Waals surface area (Å²) in [4.78, 5) is 9.36. The molecule has 2 rings (SSSR count). The van der Waals surface area contributed by atoms with E-state index in [-0.39, 0.29) is 6.10 Å². The first kappa shape index (κ1) is 15.7. The summed E-state index contributed by atoms with van der Waals surface area (Å²) in [5.74, 6) is 2.90. The van der Waals surface area contributed by atoms with E-state index in [2.05, 4.69) is 43.0 Å². The van der Waals surface area contributed by atoms with Crippen LogP contribution in [0, 0.1) is 13.8 Å². The van der Waals surface area contributed by atoms with Gasteiger partial charge in [0.15, 0.2) is 5.82 Å². The standard InChI is InChI=1S/C15H25N3OS/c1-10(2)16-6-5-13-11(3)17-15(18-12(13)4)14-9-20-8-7-19-14/h10,14,16H,5-9H2,1-4H3. The SMILES string of the molecule is Cc1nc(C2CSCCO2)nc(C)c1CCNC(C)C. The van der Waals surface area contributed by atoms with Crippen LogP contribution >= 0.6 is 11.8 Å². The van der Waals surface area contributed by atoms with E-state index in [1.165, 1.54) is 5.56 Å². The summed E-state index contributed by atoms with van der Waals surface area (Å²) in [6.45, 7) is 10.3. The molecule has 1 aliphatic heterocycles. The Labute approximate surface area is 126 Å². The minimum Gasteiger partial charge on any atom is -0.368 e. The molecule has 2 heterocycles. The minimum absolute atomic E-state index is 0.0639. The Morgan fingerprint density at radius 1 is 1.30 bits per heavy atom. The highest BCUT2D eigenvalue weighted by atomic mass is 32.2. The van der Waals surface area contributed by atoms with Crippen LogP contribution in [0.5, 0.6) is 0 Å². The van der Waals surface area contributed by atoms with Gasteiger partial charge < -0.3 is 10.1 Å². The Balaban J connectivity index is 2.07. The Bertz CT molecular complexity index is 422. The molecular weight excluding hydrogens is 270 g/mol. The molecule has 20 heavy (non-hydrogen) atoms. The number of thioether (sulfide) groups is 1. The number of rotatable bonds is 5. The lowest BCUT2D eigenvalue weighted by molar-refractivity contribution is 0.0691. The summed E-state index contributed by atoms with van der Waals surface area (Å²) in [5.41, 5.74) is 3.46. The fourth-order valence-electron chi connectivity index (χ4n) is 2.39. The van der Waals surface area contributed by atoms with Crippen LogP contribution in [0.25, 0.3) is 0 Å². The number of aromatic nitrogens is 2. The first-order chi connectivity index (χ1) is 9.58. The minimum atomic E-state index is 0.0639. The predicted molar refractivity (Wildman–Crippen MR) is 84.4 cm³/mol. The highest BCUT2D eigenvalue weighted by Crippen LogP contribution is 2.25. The van der Waals surface area contributed by atoms with Gasteiger partial charge >= 0.3 is 0 Å². The third kappa shape index (κ3) is 4.17. The van der Waals surface area contributed by atoms with E-state index >= 15 is 0 Å². The highest BCUT2D eigenvalue weighted by Gasteiger charge is 2.21. The van der Waals surface area contributed by atoms with E-state index in [9.17, 15) is 0 Å². The molecule has 0 saturated carbocycles. The third-order valence-electron chi connectivity index (χ3n) is 3.47. The number of hydrogen-bond acceptors (Lipinski definition) is 5. The fourth-order valence-corrected chi connectivity index (χ4v) is 3.23. The van der Waals surface area contributed by atoms with Crippen molar-refractivity contribution in [1.29, 1.82) is 0 Å². The Morgan fingerprint density at radius 2 is 2.00 bits per heavy atom. The molecule has 1 N–H and O–H groups in total. The van der Waals surface area contributed by atoms with Gasteiger partial charge in [-0.25, -0.2) is 9.97 Å². The maximum Gasteiger partial charge on any atom is 0.158 e. The van der Waals surface area contributed by atoms with Crippen molar-refractivity contribution in [3.05, 3.63) is 22.8 Å². The molecule has 1 fully saturated rings. The molecule has 1 unspecified atom stereocenters. The van der Waals surface area contributed by atoms with E-state index in [0.29, 0.717) is 6.04 Å². The maximum absolute atomic E-state index is 5.77. The van der Waals surface area contributed by atoms with Crippen LogP contribution in [0.15, 0.2) is 0 Å². The Hall–Kier alpha value is -0.650. The van der Waals surface area contributed by atoms with Crippen LogP contribution in [0.3, 0.4) is 0 Å². The van der Waals surface area contributed by atoms with Crippen molar-refractivity contribution >= 4 is 11.8 Å². The first-order valence-corrected chi connectivity index (χ1v) is 8.50. The van der Waals surface area contributed by atoms with Gasteiger partial charge in [-0.2, -0.15) is 11.8 Å². The zero-order valence-corrected chi connectivity index (χ0v) is 13.7. The van der Waals surface area contributed by atoms with Gasteiger partial charge in [0.05, 0.1) is 6.61 Å². The van der Waals surface area contributed by atoms with Crippen molar-refractivity contribution < 1.29 is 4.74 Å². The zero-order valence-electron chi connectivity index (χ0n) is 12.9. The monoisotopic (exact) mass is 295 g/mol. The lowest BCUT2D eigenvalue weighted by atomic mass is 10.1. The molecule has 1 saturated heterocycles. The van der Waals surface area contributed by atoms with Gasteiger partial charge in [0.2, 0.25) is 0 Å². The van der Waals surface area contributed by atoms with E-state index in [4.69, 9.17) is 4.74 Å². The van der Waals surface area contributed by atoms with Crippen LogP contribution in [0.1, 0.15) is 42.7 Å². The second-order valence-corrected chi connectivity index (χ2v) is 6.67. The first-order valence-electron chi connectivity index (χ1n) is 7.34. The summed E-state index contributed by atoms with van der Waals surface area (Å²) in [7, 11) is 0. The molecule has 0 bridgehead atoms. The van der Waals surface area contributed by atoms with Crippen molar-refractivity contribution in [2.75, 3.05) is 24.7 Å². The number of hydrogen-bond donors (Lipinski definition) is 1. The molecular formula is C15H25N3OS. The smallest absolute Gasteiger partial charge is 0.158 e. The summed E-state index contributed by atoms with van der Waals surface area (Å²) in [6, 6.07) is 0.517. The average molecular weight is 295 g/mol. The molecule has 1 atom stereocenters. The second-order valence-electron chi connectivity index (χ2n) is 5.52. The van der Waals surface area contributed by atoms with Gasteiger partial charge in [-0.3, -0.25) is 0 Å². The van der Waals surface area contributed by atoms with Gasteiger partial charge in [0, 0.05) is 28.9 Å². The van der Waals surface area contributed by atoms with Crippen molar-refractivity contribution in [2.45, 2.75) is 46.3 Å². The normalized spacial score (nSPS) is 19.6. The lowest BCUT2D eigenvalue weighted by Gasteiger charge is -2.22. The van der Waals surface area contributed by atoms with E-state index in [1.54, 1.807) is 0 Å². The molecule has 0 spiro atoms. The molecule has 0 amide bonds. The van der Waals surface area contributed by atoms with E-state index in [0.717, 1.165) is 48.3 Å². The number of nitrogens with one attached hydrogen (secondary N) is 1. The summed E-state index contributed by atoms with van der Waals surface area (Å²) < 4.78 is 5.77. The molecule has 0 aromatic carbocycles. The molecule has 112 valence electrons. The molecule has 5 heteroatoms. The second kappa shape index (κ2) is 7.38. The van der Waals surface area contributed by atoms with Gasteiger partial charge in [0.25, 0.3) is 0 Å². The molecule has 4 nitrogen and oxygen atoms in total. The lowest BCUT2D eigenvalue weighted by Crippen LogP contribution is -2.26. The molecule has 1 aromatic rings. The summed E-state index contributed by atoms with van der Waals surface area (Å²) >= 11 is 1.92. The van der Waals surface area contributed by atoms with Gasteiger partial charge in [0.1, 0.15) is 6.10 Å².